The molecule has 2 unspecified atom stereocenters. The van der Waals surface area contributed by atoms with Gasteiger partial charge >= 0.3 is 0 Å². The van der Waals surface area contributed by atoms with Gasteiger partial charge in [-0.25, -0.2) is 0 Å². The van der Waals surface area contributed by atoms with E-state index in [1.54, 1.807) is 0 Å². The van der Waals surface area contributed by atoms with E-state index in [0.717, 1.165) is 52.5 Å². The summed E-state index contributed by atoms with van der Waals surface area (Å²) in [6, 6.07) is 0. The van der Waals surface area contributed by atoms with E-state index in [9.17, 15) is 0 Å². The van der Waals surface area contributed by atoms with Gasteiger partial charge in [0.25, 0.3) is 0 Å². The number of rotatable bonds is 9. The van der Waals surface area contributed by atoms with Crippen molar-refractivity contribution in [3.63, 3.8) is 0 Å². The van der Waals surface area contributed by atoms with Crippen LogP contribution in [0.1, 0.15) is 12.8 Å². The van der Waals surface area contributed by atoms with Gasteiger partial charge in [0, 0.05) is 31.8 Å². The summed E-state index contributed by atoms with van der Waals surface area (Å²) in [5, 5.41) is 0. The molecule has 2 fully saturated rings. The van der Waals surface area contributed by atoms with Crippen molar-refractivity contribution in [3.8, 4) is 0 Å². The van der Waals surface area contributed by atoms with Crippen LogP contribution in [0, 0.1) is 0 Å². The molecule has 2 heterocycles. The van der Waals surface area contributed by atoms with Crippen molar-refractivity contribution in [3.05, 3.63) is 0 Å². The second-order valence-electron chi connectivity index (χ2n) is 3.77. The van der Waals surface area contributed by atoms with E-state index in [0.29, 0.717) is 12.2 Å². The third kappa shape index (κ3) is 7.33. The molecule has 2 atom stereocenters. The van der Waals surface area contributed by atoms with E-state index in [1.807, 2.05) is 0 Å². The zero-order valence-electron chi connectivity index (χ0n) is 8.89. The molecule has 0 saturated carbocycles. The van der Waals surface area contributed by atoms with Gasteiger partial charge in [0.05, 0.1) is 26.4 Å². The Labute approximate surface area is 102 Å². The van der Waals surface area contributed by atoms with Crippen LogP contribution in [-0.4, -0.2) is 51.8 Å². The molecule has 5 heteroatoms. The number of ether oxygens (including phenoxy) is 4. The molecule has 1 radical (unpaired) electrons. The quantitative estimate of drug-likeness (QED) is 0.445. The van der Waals surface area contributed by atoms with Crippen molar-refractivity contribution in [2.45, 2.75) is 25.0 Å². The minimum absolute atomic E-state index is 0. The molecule has 2 rings (SSSR count). The standard InChI is InChI=1S/C10H18O4.V/c1(3-11-5-9-7-13-9)2-4-12-6-10-8-14-10;/h9-10H,1-8H2;. The van der Waals surface area contributed by atoms with Gasteiger partial charge in [-0.05, 0) is 12.8 Å². The first-order valence-corrected chi connectivity index (χ1v) is 5.34. The summed E-state index contributed by atoms with van der Waals surface area (Å²) in [6.45, 7) is 4.93. The molecule has 15 heavy (non-hydrogen) atoms. The maximum absolute atomic E-state index is 5.39. The van der Waals surface area contributed by atoms with E-state index in [-0.39, 0.29) is 18.6 Å². The first-order chi connectivity index (χ1) is 6.95. The Bertz CT molecular complexity index is 142. The van der Waals surface area contributed by atoms with E-state index in [2.05, 4.69) is 0 Å². The Kier molecular flexibility index (Phi) is 6.89. The smallest absolute Gasteiger partial charge is 0.104 e. The molecule has 0 aliphatic carbocycles. The molecule has 0 N–H and O–H groups in total. The van der Waals surface area contributed by atoms with Gasteiger partial charge in [0.2, 0.25) is 0 Å². The Morgan fingerprint density at radius 3 is 1.60 bits per heavy atom. The normalized spacial score (nSPS) is 27.2. The van der Waals surface area contributed by atoms with Crippen LogP contribution in [0.15, 0.2) is 0 Å². The van der Waals surface area contributed by atoms with Crippen LogP contribution in [0.4, 0.5) is 0 Å². The molecule has 2 aliphatic rings. The molecule has 0 aromatic heterocycles. The first kappa shape index (κ1) is 13.5. The van der Waals surface area contributed by atoms with Crippen molar-refractivity contribution in [1.82, 2.24) is 0 Å². The summed E-state index contributed by atoms with van der Waals surface area (Å²) < 4.78 is 20.8. The van der Waals surface area contributed by atoms with Gasteiger partial charge in [0.1, 0.15) is 12.2 Å². The van der Waals surface area contributed by atoms with Crippen molar-refractivity contribution >= 4 is 0 Å². The largest absolute Gasteiger partial charge is 0.379 e. The van der Waals surface area contributed by atoms with Crippen molar-refractivity contribution in [2.24, 2.45) is 0 Å². The summed E-state index contributed by atoms with van der Waals surface area (Å²) in [6.07, 6.45) is 2.91. The zero-order chi connectivity index (χ0) is 9.64. The first-order valence-electron chi connectivity index (χ1n) is 5.34. The van der Waals surface area contributed by atoms with Gasteiger partial charge in [-0.2, -0.15) is 0 Å². The molecule has 0 aromatic rings. The van der Waals surface area contributed by atoms with Crippen LogP contribution >= 0.6 is 0 Å². The molecule has 4 nitrogen and oxygen atoms in total. The molecule has 0 aromatic carbocycles. The molecule has 0 bridgehead atoms. The third-order valence-corrected chi connectivity index (χ3v) is 2.24. The van der Waals surface area contributed by atoms with Crippen molar-refractivity contribution in [2.75, 3.05) is 39.6 Å². The molecule has 87 valence electrons. The zero-order valence-corrected chi connectivity index (χ0v) is 10.3. The minimum Gasteiger partial charge on any atom is -0.379 e. The molecule has 2 aliphatic heterocycles. The summed E-state index contributed by atoms with van der Waals surface area (Å²) in [5.41, 5.74) is 0. The van der Waals surface area contributed by atoms with E-state index in [4.69, 9.17) is 18.9 Å². The van der Waals surface area contributed by atoms with Gasteiger partial charge in [-0.1, -0.05) is 0 Å². The maximum Gasteiger partial charge on any atom is 0.104 e. The van der Waals surface area contributed by atoms with Gasteiger partial charge in [0.15, 0.2) is 0 Å². The Morgan fingerprint density at radius 1 is 0.867 bits per heavy atom. The fourth-order valence-corrected chi connectivity index (χ4v) is 1.17. The number of hydrogen-bond acceptors (Lipinski definition) is 4. The van der Waals surface area contributed by atoms with E-state index in [1.165, 1.54) is 0 Å². The number of unbranched alkanes of at least 4 members (excludes halogenated alkanes) is 1. The molecule has 2 saturated heterocycles. The molecular weight excluding hydrogens is 235 g/mol. The van der Waals surface area contributed by atoms with Crippen LogP contribution in [0.2, 0.25) is 0 Å². The predicted octanol–water partition coefficient (Wildman–Crippen LogP) is 0.595. The van der Waals surface area contributed by atoms with Gasteiger partial charge < -0.3 is 18.9 Å². The average molecular weight is 253 g/mol. The van der Waals surface area contributed by atoms with E-state index >= 15 is 0 Å². The van der Waals surface area contributed by atoms with Crippen molar-refractivity contribution in [1.29, 1.82) is 0 Å². The number of epoxide rings is 2. The Morgan fingerprint density at radius 2 is 1.27 bits per heavy atom. The topological polar surface area (TPSA) is 43.5 Å². The second kappa shape index (κ2) is 7.66. The maximum atomic E-state index is 5.39. The van der Waals surface area contributed by atoms with Crippen LogP contribution in [0.25, 0.3) is 0 Å². The Balaban J connectivity index is 0.00000112. The fraction of sp³-hybridized carbons (Fsp3) is 1.00. The average Bonchev–Trinajstić information content (AvgIpc) is 3.00. The fourth-order valence-electron chi connectivity index (χ4n) is 1.17. The summed E-state index contributed by atoms with van der Waals surface area (Å²) in [7, 11) is 0. The summed E-state index contributed by atoms with van der Waals surface area (Å²) in [5.74, 6) is 0. The predicted molar refractivity (Wildman–Crippen MR) is 50.4 cm³/mol. The van der Waals surface area contributed by atoms with Crippen LogP contribution < -0.4 is 0 Å². The monoisotopic (exact) mass is 253 g/mol. The molecular formula is C10H18O4V. The van der Waals surface area contributed by atoms with Gasteiger partial charge in [-0.3, -0.25) is 0 Å². The summed E-state index contributed by atoms with van der Waals surface area (Å²) >= 11 is 0. The number of hydrogen-bond donors (Lipinski definition) is 0. The molecule has 0 spiro atoms. The van der Waals surface area contributed by atoms with Crippen LogP contribution in [0.5, 0.6) is 0 Å². The van der Waals surface area contributed by atoms with Crippen molar-refractivity contribution < 1.29 is 37.5 Å². The van der Waals surface area contributed by atoms with E-state index < -0.39 is 0 Å². The Hall–Kier alpha value is 0.424. The second-order valence-corrected chi connectivity index (χ2v) is 3.77. The minimum atomic E-state index is 0. The third-order valence-electron chi connectivity index (χ3n) is 2.24. The molecule has 0 amide bonds. The van der Waals surface area contributed by atoms with Gasteiger partial charge in [-0.15, -0.1) is 0 Å². The van der Waals surface area contributed by atoms with Crippen LogP contribution in [0.3, 0.4) is 0 Å². The van der Waals surface area contributed by atoms with Crippen LogP contribution in [-0.2, 0) is 37.5 Å². The SMILES string of the molecule is C(CCOCC1CO1)COCC1CO1.[V]. The summed E-state index contributed by atoms with van der Waals surface area (Å²) in [4.78, 5) is 0.